The number of alkyl halides is 3. The summed E-state index contributed by atoms with van der Waals surface area (Å²) in [4.78, 5) is 10.9. The molecule has 0 aromatic heterocycles. The summed E-state index contributed by atoms with van der Waals surface area (Å²) in [7, 11) is 0. The quantitative estimate of drug-likeness (QED) is 0.378. The van der Waals surface area contributed by atoms with Gasteiger partial charge in [-0.3, -0.25) is 4.79 Å². The summed E-state index contributed by atoms with van der Waals surface area (Å²) in [6.45, 7) is -1.08. The molecular weight excluding hydrogens is 425 g/mol. The first kappa shape index (κ1) is 22.6. The van der Waals surface area contributed by atoms with Gasteiger partial charge in [0.2, 0.25) is 0 Å². The molecule has 164 valence electrons. The first-order valence-electron chi connectivity index (χ1n) is 9.59. The molecule has 0 heterocycles. The molecule has 7 nitrogen and oxygen atoms in total. The number of halogens is 4. The Labute approximate surface area is 176 Å². The van der Waals surface area contributed by atoms with Gasteiger partial charge in [0.05, 0.1) is 17.0 Å². The fourth-order valence-electron chi connectivity index (χ4n) is 4.18. The van der Waals surface area contributed by atoms with Crippen LogP contribution in [0.2, 0.25) is 5.02 Å². The van der Waals surface area contributed by atoms with Crippen molar-refractivity contribution in [2.75, 3.05) is 12.0 Å². The van der Waals surface area contributed by atoms with Gasteiger partial charge in [-0.25, -0.2) is 0 Å². The minimum absolute atomic E-state index is 0.0165. The Morgan fingerprint density at radius 3 is 2.33 bits per heavy atom. The van der Waals surface area contributed by atoms with E-state index < -0.39 is 35.5 Å². The molecule has 0 radical (unpaired) electrons. The van der Waals surface area contributed by atoms with Crippen molar-refractivity contribution in [2.45, 2.75) is 56.7 Å². The van der Waals surface area contributed by atoms with Gasteiger partial charge in [-0.1, -0.05) is 11.6 Å². The number of hydroxylamine groups is 2. The Morgan fingerprint density at radius 2 is 1.80 bits per heavy atom. The predicted octanol–water partition coefficient (Wildman–Crippen LogP) is 4.56. The standard InChI is InChI=1S/C19H22ClF3N4O3/c20-13-1-2-15(26-27(29,30)10-9-19(21,22)23)14(11-13)16(28)25-18-6-3-17(12-24,4-7-18)5-8-18/h1-2,11,29-30H,3-10H2,(H-,25,26,28)/p+1. The van der Waals surface area contributed by atoms with E-state index >= 15 is 0 Å². The zero-order chi connectivity index (χ0) is 22.2. The summed E-state index contributed by atoms with van der Waals surface area (Å²) in [5.74, 6) is -0.526. The predicted molar refractivity (Wildman–Crippen MR) is 100 cm³/mol. The average molecular weight is 448 g/mol. The second kappa shape index (κ2) is 7.89. The second-order valence-corrected chi connectivity index (χ2v) is 8.68. The summed E-state index contributed by atoms with van der Waals surface area (Å²) in [5.41, 5.74) is 1.28. The molecule has 11 heteroatoms. The minimum atomic E-state index is -4.57. The van der Waals surface area contributed by atoms with E-state index in [1.807, 2.05) is 0 Å². The summed E-state index contributed by atoms with van der Waals surface area (Å²) < 4.78 is 37.3. The number of quaternary nitrogens is 1. The lowest BCUT2D eigenvalue weighted by Gasteiger charge is -2.50. The van der Waals surface area contributed by atoms with Crippen LogP contribution in [-0.2, 0) is 0 Å². The molecule has 1 amide bonds. The molecule has 1 aromatic carbocycles. The molecule has 0 spiro atoms. The number of carbonyl (C=O) groups excluding carboxylic acids is 1. The highest BCUT2D eigenvalue weighted by molar-refractivity contribution is 6.31. The van der Waals surface area contributed by atoms with Crippen LogP contribution in [0.15, 0.2) is 18.2 Å². The summed E-state index contributed by atoms with van der Waals surface area (Å²) in [6.07, 6.45) is -1.98. The number of nitrogens with zero attached hydrogens (tertiary/aromatic N) is 2. The Kier molecular flexibility index (Phi) is 5.95. The van der Waals surface area contributed by atoms with Crippen molar-refractivity contribution in [3.05, 3.63) is 28.8 Å². The van der Waals surface area contributed by atoms with Crippen LogP contribution < -0.4 is 10.7 Å². The number of hydrogen-bond acceptors (Lipinski definition) is 5. The zero-order valence-electron chi connectivity index (χ0n) is 16.1. The second-order valence-electron chi connectivity index (χ2n) is 8.25. The van der Waals surface area contributed by atoms with Crippen LogP contribution in [0, 0.1) is 16.7 Å². The molecule has 3 saturated carbocycles. The van der Waals surface area contributed by atoms with Crippen molar-refractivity contribution >= 4 is 23.2 Å². The fraction of sp³-hybridized carbons (Fsp3) is 0.579. The van der Waals surface area contributed by atoms with Gasteiger partial charge in [-0.05, 0) is 56.7 Å². The van der Waals surface area contributed by atoms with Crippen molar-refractivity contribution in [2.24, 2.45) is 5.41 Å². The molecule has 1 aromatic rings. The van der Waals surface area contributed by atoms with Gasteiger partial charge in [0.25, 0.3) is 5.91 Å². The highest BCUT2D eigenvalue weighted by atomic mass is 35.5. The Bertz CT molecular complexity index is 845. The van der Waals surface area contributed by atoms with Crippen molar-refractivity contribution in [1.82, 2.24) is 5.32 Å². The van der Waals surface area contributed by atoms with Crippen molar-refractivity contribution < 1.29 is 33.3 Å². The third kappa shape index (κ3) is 5.16. The van der Waals surface area contributed by atoms with Gasteiger partial charge in [0.1, 0.15) is 12.1 Å². The summed E-state index contributed by atoms with van der Waals surface area (Å²) >= 11 is 5.99. The first-order chi connectivity index (χ1) is 13.9. The molecule has 3 aliphatic carbocycles. The number of fused-ring (bicyclic) bond motifs is 3. The molecule has 30 heavy (non-hydrogen) atoms. The van der Waals surface area contributed by atoms with Crippen LogP contribution in [0.1, 0.15) is 55.3 Å². The van der Waals surface area contributed by atoms with Gasteiger partial charge < -0.3 is 5.32 Å². The van der Waals surface area contributed by atoms with E-state index in [9.17, 15) is 33.6 Å². The van der Waals surface area contributed by atoms with E-state index in [1.54, 1.807) is 0 Å². The number of nitriles is 1. The topological polar surface area (TPSA) is 105 Å². The van der Waals surface area contributed by atoms with Crippen LogP contribution in [0.4, 0.5) is 18.9 Å². The summed E-state index contributed by atoms with van der Waals surface area (Å²) in [5, 5.41) is 32.3. The van der Waals surface area contributed by atoms with Gasteiger partial charge in [0, 0.05) is 15.5 Å². The van der Waals surface area contributed by atoms with Crippen LogP contribution in [0.3, 0.4) is 0 Å². The molecule has 0 unspecified atom stereocenters. The number of rotatable bonds is 6. The molecule has 3 aliphatic rings. The van der Waals surface area contributed by atoms with Crippen LogP contribution in [0.5, 0.6) is 0 Å². The first-order valence-corrected chi connectivity index (χ1v) is 9.96. The number of carbonyl (C=O) groups is 1. The third-order valence-corrected chi connectivity index (χ3v) is 6.33. The highest BCUT2D eigenvalue weighted by Gasteiger charge is 2.49. The normalized spacial score (nSPS) is 26.2. The lowest BCUT2D eigenvalue weighted by Crippen LogP contribution is -2.56. The van der Waals surface area contributed by atoms with Crippen molar-refractivity contribution in [1.29, 1.82) is 5.26 Å². The molecule has 3 fully saturated rings. The summed E-state index contributed by atoms with van der Waals surface area (Å²) in [6, 6.07) is 6.38. The van der Waals surface area contributed by atoms with E-state index in [1.165, 1.54) is 18.2 Å². The average Bonchev–Trinajstić information content (AvgIpc) is 2.68. The highest BCUT2D eigenvalue weighted by Crippen LogP contribution is 2.52. The Hall–Kier alpha value is -2.06. The maximum Gasteiger partial charge on any atom is 0.394 e. The maximum absolute atomic E-state index is 13.0. The largest absolute Gasteiger partial charge is 0.394 e. The van der Waals surface area contributed by atoms with E-state index in [0.717, 1.165) is 0 Å². The fourth-order valence-corrected chi connectivity index (χ4v) is 4.35. The molecule has 4 rings (SSSR count). The maximum atomic E-state index is 13.0. The molecule has 0 aliphatic heterocycles. The third-order valence-electron chi connectivity index (χ3n) is 6.10. The number of hydrogen-bond donors (Lipinski definition) is 4. The monoisotopic (exact) mass is 447 g/mol. The molecule has 0 saturated heterocycles. The minimum Gasteiger partial charge on any atom is -0.347 e. The Balaban J connectivity index is 1.75. The number of nitrogens with one attached hydrogen (secondary N) is 2. The molecule has 0 atom stereocenters. The van der Waals surface area contributed by atoms with Gasteiger partial charge in [-0.2, -0.15) is 34.3 Å². The molecular formula is C19H23ClF3N4O3+. The van der Waals surface area contributed by atoms with E-state index in [0.29, 0.717) is 38.5 Å². The van der Waals surface area contributed by atoms with Crippen LogP contribution >= 0.6 is 11.6 Å². The van der Waals surface area contributed by atoms with Crippen LogP contribution in [0.25, 0.3) is 0 Å². The van der Waals surface area contributed by atoms with Crippen molar-refractivity contribution in [3.8, 4) is 6.07 Å². The van der Waals surface area contributed by atoms with Gasteiger partial charge in [-0.15, -0.1) is 0 Å². The van der Waals surface area contributed by atoms with Crippen molar-refractivity contribution in [3.63, 3.8) is 0 Å². The van der Waals surface area contributed by atoms with E-state index in [4.69, 9.17) is 11.6 Å². The van der Waals surface area contributed by atoms with Gasteiger partial charge >= 0.3 is 6.18 Å². The van der Waals surface area contributed by atoms with Gasteiger partial charge in [0.15, 0.2) is 6.54 Å². The lowest BCUT2D eigenvalue weighted by molar-refractivity contribution is -1.23. The number of anilines is 1. The zero-order valence-corrected chi connectivity index (χ0v) is 16.9. The van der Waals surface area contributed by atoms with E-state index in [-0.39, 0.29) is 21.7 Å². The SMILES string of the molecule is N#CC12CCC(NC(=O)c3cc(Cl)ccc3N[N+](O)(O)CCC(F)(F)F)(CC1)CC2. The van der Waals surface area contributed by atoms with E-state index in [2.05, 4.69) is 16.8 Å². The number of benzene rings is 1. The van der Waals surface area contributed by atoms with Crippen LogP contribution in [-0.4, -0.2) is 39.5 Å². The number of amides is 1. The Morgan fingerprint density at radius 1 is 1.20 bits per heavy atom. The molecule has 4 N–H and O–H groups in total. The lowest BCUT2D eigenvalue weighted by atomic mass is 9.58. The smallest absolute Gasteiger partial charge is 0.347 e. The molecule has 2 bridgehead atoms.